The van der Waals surface area contributed by atoms with Crippen molar-refractivity contribution in [2.45, 2.75) is 18.0 Å². The van der Waals surface area contributed by atoms with Gasteiger partial charge in [0.05, 0.1) is 19.1 Å². The molecule has 1 aromatic rings. The summed E-state index contributed by atoms with van der Waals surface area (Å²) >= 11 is 1.22. The maximum absolute atomic E-state index is 12.6. The Labute approximate surface area is 160 Å². The average molecular weight is 414 g/mol. The third-order valence-corrected chi connectivity index (χ3v) is 5.73. The normalized spacial score (nSPS) is 22.0. The topological polar surface area (TPSA) is 125 Å². The second-order valence-electron chi connectivity index (χ2n) is 5.92. The molecule has 11 heteroatoms. The van der Waals surface area contributed by atoms with Crippen molar-refractivity contribution < 1.29 is 31.7 Å². The molecule has 146 valence electrons. The van der Waals surface area contributed by atoms with Crippen LogP contribution in [0.2, 0.25) is 0 Å². The third kappa shape index (κ3) is 4.04. The van der Waals surface area contributed by atoms with Gasteiger partial charge in [-0.25, -0.2) is 4.79 Å². The van der Waals surface area contributed by atoms with Crippen LogP contribution in [0.15, 0.2) is 35.7 Å². The SMILES string of the molecule is COc1ccc(COC(=O)C2=C(OS(C)(=O)=O)CS[C@@H]3[C@H](N)C(=O)N23)cc1. The van der Waals surface area contributed by atoms with Gasteiger partial charge in [0.2, 0.25) is 5.91 Å². The number of thioether (sulfide) groups is 1. The molecule has 3 rings (SSSR count). The Morgan fingerprint density at radius 2 is 2.00 bits per heavy atom. The van der Waals surface area contributed by atoms with E-state index < -0.39 is 33.4 Å². The Morgan fingerprint density at radius 1 is 1.33 bits per heavy atom. The molecule has 0 aliphatic carbocycles. The van der Waals surface area contributed by atoms with Crippen LogP contribution in [0, 0.1) is 0 Å². The molecule has 9 nitrogen and oxygen atoms in total. The number of β-lactam (4-membered cyclic amide) rings is 1. The Bertz CT molecular complexity index is 896. The minimum atomic E-state index is -3.87. The Hall–Kier alpha value is -2.24. The minimum Gasteiger partial charge on any atom is -0.497 e. The van der Waals surface area contributed by atoms with E-state index in [1.807, 2.05) is 0 Å². The minimum absolute atomic E-state index is 0.0651. The second-order valence-corrected chi connectivity index (χ2v) is 8.60. The number of fused-ring (bicyclic) bond motifs is 1. The number of methoxy groups -OCH3 is 1. The number of ether oxygens (including phenoxy) is 2. The van der Waals surface area contributed by atoms with Crippen LogP contribution in [0.5, 0.6) is 5.75 Å². The molecule has 0 unspecified atom stereocenters. The standard InChI is InChI=1S/C16H18N2O7S2/c1-23-10-5-3-9(4-6-10)7-24-16(20)13-11(25-27(2,21)22)8-26-15-12(17)14(19)18(13)15/h3-6,12,15H,7-8,17H2,1-2H3/t12-,15-/m1/s1. The van der Waals surface area contributed by atoms with E-state index in [2.05, 4.69) is 0 Å². The van der Waals surface area contributed by atoms with Gasteiger partial charge in [0.15, 0.2) is 11.5 Å². The lowest BCUT2D eigenvalue weighted by Gasteiger charge is -2.47. The van der Waals surface area contributed by atoms with Gasteiger partial charge in [-0.05, 0) is 17.7 Å². The predicted molar refractivity (Wildman–Crippen MR) is 96.8 cm³/mol. The summed E-state index contributed by atoms with van der Waals surface area (Å²) in [6.07, 6.45) is 0.862. The van der Waals surface area contributed by atoms with Crippen LogP contribution in [0.1, 0.15) is 5.56 Å². The fraction of sp³-hybridized carbons (Fsp3) is 0.375. The molecule has 0 aromatic heterocycles. The van der Waals surface area contributed by atoms with Gasteiger partial charge in [0.25, 0.3) is 0 Å². The van der Waals surface area contributed by atoms with Crippen LogP contribution in [-0.2, 0) is 35.2 Å². The van der Waals surface area contributed by atoms with Crippen molar-refractivity contribution in [3.63, 3.8) is 0 Å². The van der Waals surface area contributed by atoms with E-state index in [0.29, 0.717) is 11.3 Å². The number of esters is 1. The molecule has 27 heavy (non-hydrogen) atoms. The second kappa shape index (κ2) is 7.41. The van der Waals surface area contributed by atoms with Gasteiger partial charge in [0.1, 0.15) is 23.8 Å². The van der Waals surface area contributed by atoms with Gasteiger partial charge < -0.3 is 19.4 Å². The third-order valence-electron chi connectivity index (χ3n) is 3.95. The molecule has 1 fully saturated rings. The van der Waals surface area contributed by atoms with Gasteiger partial charge in [-0.3, -0.25) is 9.69 Å². The summed E-state index contributed by atoms with van der Waals surface area (Å²) in [7, 11) is -2.34. The number of nitrogens with zero attached hydrogens (tertiary/aromatic N) is 1. The quantitative estimate of drug-likeness (QED) is 0.394. The average Bonchev–Trinajstić information content (AvgIpc) is 2.64. The number of amides is 1. The fourth-order valence-electron chi connectivity index (χ4n) is 2.66. The molecular formula is C16H18N2O7S2. The van der Waals surface area contributed by atoms with Gasteiger partial charge in [-0.1, -0.05) is 12.1 Å². The van der Waals surface area contributed by atoms with Crippen molar-refractivity contribution in [2.24, 2.45) is 5.73 Å². The van der Waals surface area contributed by atoms with Crippen LogP contribution >= 0.6 is 11.8 Å². The molecule has 2 aliphatic rings. The highest BCUT2D eigenvalue weighted by atomic mass is 32.2. The van der Waals surface area contributed by atoms with Crippen molar-refractivity contribution in [1.82, 2.24) is 4.90 Å². The van der Waals surface area contributed by atoms with E-state index >= 15 is 0 Å². The van der Waals surface area contributed by atoms with E-state index in [4.69, 9.17) is 19.4 Å². The maximum atomic E-state index is 12.6. The lowest BCUT2D eigenvalue weighted by Crippen LogP contribution is -2.68. The smallest absolute Gasteiger partial charge is 0.359 e. The molecule has 1 amide bonds. The summed E-state index contributed by atoms with van der Waals surface area (Å²) in [5.74, 6) is -0.738. The highest BCUT2D eigenvalue weighted by molar-refractivity contribution is 8.00. The molecule has 0 spiro atoms. The molecule has 1 aromatic carbocycles. The van der Waals surface area contributed by atoms with Crippen molar-refractivity contribution in [3.05, 3.63) is 41.3 Å². The summed E-state index contributed by atoms with van der Waals surface area (Å²) < 4.78 is 38.2. The van der Waals surface area contributed by atoms with Crippen molar-refractivity contribution in [3.8, 4) is 5.75 Å². The summed E-state index contributed by atoms with van der Waals surface area (Å²) in [4.78, 5) is 25.8. The summed E-state index contributed by atoms with van der Waals surface area (Å²) in [6, 6.07) is 6.12. The number of hydrogen-bond donors (Lipinski definition) is 1. The highest BCUT2D eigenvalue weighted by Gasteiger charge is 2.53. The molecular weight excluding hydrogens is 396 g/mol. The molecule has 1 saturated heterocycles. The fourth-order valence-corrected chi connectivity index (χ4v) is 4.44. The first-order chi connectivity index (χ1) is 12.7. The molecule has 2 heterocycles. The summed E-state index contributed by atoms with van der Waals surface area (Å²) in [6.45, 7) is -0.0651. The number of hydrogen-bond acceptors (Lipinski definition) is 9. The Morgan fingerprint density at radius 3 is 2.59 bits per heavy atom. The molecule has 0 bridgehead atoms. The van der Waals surface area contributed by atoms with Crippen molar-refractivity contribution in [2.75, 3.05) is 19.1 Å². The van der Waals surface area contributed by atoms with Crippen molar-refractivity contribution >= 4 is 33.8 Å². The van der Waals surface area contributed by atoms with Gasteiger partial charge >= 0.3 is 16.1 Å². The van der Waals surface area contributed by atoms with E-state index in [1.165, 1.54) is 18.9 Å². The first kappa shape index (κ1) is 19.5. The van der Waals surface area contributed by atoms with Crippen LogP contribution in [0.25, 0.3) is 0 Å². The van der Waals surface area contributed by atoms with Crippen molar-refractivity contribution in [1.29, 1.82) is 0 Å². The molecule has 2 N–H and O–H groups in total. The monoisotopic (exact) mass is 414 g/mol. The van der Waals surface area contributed by atoms with Gasteiger partial charge in [-0.2, -0.15) is 8.42 Å². The van der Waals surface area contributed by atoms with E-state index in [9.17, 15) is 18.0 Å². The first-order valence-electron chi connectivity index (χ1n) is 7.84. The highest BCUT2D eigenvalue weighted by Crippen LogP contribution is 2.40. The lowest BCUT2D eigenvalue weighted by atomic mass is 10.1. The number of benzene rings is 1. The zero-order chi connectivity index (χ0) is 19.8. The van der Waals surface area contributed by atoms with Gasteiger partial charge in [-0.15, -0.1) is 11.8 Å². The van der Waals surface area contributed by atoms with E-state index in [1.54, 1.807) is 24.3 Å². The number of carbonyl (C=O) groups excluding carboxylic acids is 2. The van der Waals surface area contributed by atoms with Crippen LogP contribution in [0.3, 0.4) is 0 Å². The Kier molecular flexibility index (Phi) is 5.36. The van der Waals surface area contributed by atoms with Gasteiger partial charge in [0, 0.05) is 0 Å². The lowest BCUT2D eigenvalue weighted by molar-refractivity contribution is -0.151. The largest absolute Gasteiger partial charge is 0.497 e. The zero-order valence-corrected chi connectivity index (χ0v) is 16.2. The maximum Gasteiger partial charge on any atom is 0.359 e. The molecule has 2 atom stereocenters. The number of rotatable bonds is 6. The van der Waals surface area contributed by atoms with Crippen LogP contribution < -0.4 is 10.5 Å². The predicted octanol–water partition coefficient (Wildman–Crippen LogP) is 0.169. The Balaban J connectivity index is 1.81. The number of carbonyl (C=O) groups is 2. The summed E-state index contributed by atoms with van der Waals surface area (Å²) in [5.41, 5.74) is 6.23. The zero-order valence-electron chi connectivity index (χ0n) is 14.6. The first-order valence-corrected chi connectivity index (χ1v) is 10.7. The molecule has 0 radical (unpaired) electrons. The molecule has 2 aliphatic heterocycles. The number of nitrogens with two attached hydrogens (primary N) is 1. The van der Waals surface area contributed by atoms with Crippen LogP contribution in [0.4, 0.5) is 0 Å². The van der Waals surface area contributed by atoms with Crippen LogP contribution in [-0.4, -0.2) is 55.7 Å². The van der Waals surface area contributed by atoms with E-state index in [0.717, 1.165) is 11.2 Å². The van der Waals surface area contributed by atoms with E-state index in [-0.39, 0.29) is 23.8 Å². The summed E-state index contributed by atoms with van der Waals surface area (Å²) in [5, 5.41) is -0.451. The molecule has 0 saturated carbocycles.